The molecule has 1 fully saturated rings. The maximum Gasteiger partial charge on any atom is 0.274 e. The summed E-state index contributed by atoms with van der Waals surface area (Å²) in [6, 6.07) is 3.79. The molecule has 192 valence electrons. The minimum absolute atomic E-state index is 0.213. The molecule has 1 saturated carbocycles. The first kappa shape index (κ1) is 23.5. The van der Waals surface area contributed by atoms with Gasteiger partial charge in [-0.15, -0.1) is 0 Å². The molecule has 0 bridgehead atoms. The van der Waals surface area contributed by atoms with Crippen LogP contribution in [0.1, 0.15) is 43.7 Å². The predicted octanol–water partition coefficient (Wildman–Crippen LogP) is 4.07. The Bertz CT molecular complexity index is 1770. The van der Waals surface area contributed by atoms with Crippen molar-refractivity contribution in [2.45, 2.75) is 38.1 Å². The first-order valence-electron chi connectivity index (χ1n) is 12.2. The minimum atomic E-state index is -0.246. The number of ether oxygens (including phenoxy) is 2. The molecular formula is C26H25N9O3. The van der Waals surface area contributed by atoms with Gasteiger partial charge in [-0.25, -0.2) is 9.50 Å². The number of aryl methyl sites for hydroxylation is 1. The number of anilines is 2. The molecular weight excluding hydrogens is 486 g/mol. The molecule has 6 rings (SSSR count). The smallest absolute Gasteiger partial charge is 0.274 e. The second kappa shape index (κ2) is 9.19. The molecule has 5 aromatic rings. The Morgan fingerprint density at radius 1 is 1.26 bits per heavy atom. The van der Waals surface area contributed by atoms with E-state index >= 15 is 0 Å². The maximum atomic E-state index is 13.4. The molecule has 0 saturated heterocycles. The molecule has 5 heterocycles. The molecule has 5 aromatic heterocycles. The van der Waals surface area contributed by atoms with Crippen LogP contribution in [-0.4, -0.2) is 40.8 Å². The lowest BCUT2D eigenvalue weighted by atomic mass is 10.1. The van der Waals surface area contributed by atoms with E-state index in [9.17, 15) is 10.1 Å². The molecule has 0 radical (unpaired) electrons. The molecule has 0 aromatic carbocycles. The average Bonchev–Trinajstić information content (AvgIpc) is 3.63. The zero-order valence-electron chi connectivity index (χ0n) is 21.1. The van der Waals surface area contributed by atoms with Crippen molar-refractivity contribution in [1.29, 1.82) is 5.26 Å². The number of nitrogens with zero attached hydrogens (tertiary/aromatic N) is 8. The van der Waals surface area contributed by atoms with Crippen LogP contribution in [-0.2, 0) is 7.05 Å². The molecule has 12 heteroatoms. The SMILES string of the molecule is COc1c(Oc2cnn3ccncc23)cnc2nc(Nc3cc(C4CC4)cn([C@@H](C)CC#N)c3=O)n(C)c12. The van der Waals surface area contributed by atoms with Crippen LogP contribution in [0.15, 0.2) is 48.0 Å². The normalized spacial score (nSPS) is 13.9. The van der Waals surface area contributed by atoms with E-state index in [-0.39, 0.29) is 18.0 Å². The highest BCUT2D eigenvalue weighted by Crippen LogP contribution is 2.41. The van der Waals surface area contributed by atoms with Crippen molar-refractivity contribution >= 4 is 28.3 Å². The second-order valence-corrected chi connectivity index (χ2v) is 9.35. The van der Waals surface area contributed by atoms with E-state index < -0.39 is 0 Å². The third-order valence-electron chi connectivity index (χ3n) is 6.75. The molecule has 0 unspecified atom stereocenters. The first-order valence-corrected chi connectivity index (χ1v) is 12.2. The van der Waals surface area contributed by atoms with Gasteiger partial charge in [0.05, 0.1) is 38.2 Å². The Hall–Kier alpha value is -4.92. The van der Waals surface area contributed by atoms with Gasteiger partial charge in [-0.1, -0.05) is 0 Å². The topological polar surface area (TPSA) is 137 Å². The van der Waals surface area contributed by atoms with E-state index in [0.717, 1.165) is 18.4 Å². The number of pyridine rings is 2. The van der Waals surface area contributed by atoms with Crippen molar-refractivity contribution in [3.05, 3.63) is 59.2 Å². The quantitative estimate of drug-likeness (QED) is 0.327. The lowest BCUT2D eigenvalue weighted by Crippen LogP contribution is -2.26. The van der Waals surface area contributed by atoms with E-state index in [1.807, 2.05) is 26.2 Å². The summed E-state index contributed by atoms with van der Waals surface area (Å²) < 4.78 is 16.9. The van der Waals surface area contributed by atoms with Gasteiger partial charge in [-0.3, -0.25) is 9.78 Å². The highest BCUT2D eigenvalue weighted by molar-refractivity contribution is 5.85. The van der Waals surface area contributed by atoms with Gasteiger partial charge in [-0.05, 0) is 37.3 Å². The number of aromatic nitrogens is 7. The third kappa shape index (κ3) is 3.98. The van der Waals surface area contributed by atoms with Crippen LogP contribution in [0.4, 0.5) is 11.6 Å². The summed E-state index contributed by atoms with van der Waals surface area (Å²) in [6.45, 7) is 1.87. The third-order valence-corrected chi connectivity index (χ3v) is 6.75. The van der Waals surface area contributed by atoms with Crippen LogP contribution in [0.2, 0.25) is 0 Å². The van der Waals surface area contributed by atoms with E-state index in [1.54, 1.807) is 51.7 Å². The van der Waals surface area contributed by atoms with Crippen LogP contribution < -0.4 is 20.3 Å². The molecule has 0 amide bonds. The van der Waals surface area contributed by atoms with Gasteiger partial charge < -0.3 is 23.9 Å². The number of fused-ring (bicyclic) bond motifs is 2. The summed E-state index contributed by atoms with van der Waals surface area (Å²) in [5.74, 6) is 2.17. The zero-order valence-corrected chi connectivity index (χ0v) is 21.1. The Morgan fingerprint density at radius 2 is 2.11 bits per heavy atom. The van der Waals surface area contributed by atoms with Crippen molar-refractivity contribution in [1.82, 2.24) is 33.7 Å². The monoisotopic (exact) mass is 511 g/mol. The van der Waals surface area contributed by atoms with Crippen LogP contribution in [0, 0.1) is 11.3 Å². The highest BCUT2D eigenvalue weighted by atomic mass is 16.5. The molecule has 1 N–H and O–H groups in total. The van der Waals surface area contributed by atoms with Gasteiger partial charge >= 0.3 is 0 Å². The van der Waals surface area contributed by atoms with Crippen molar-refractivity contribution in [3.8, 4) is 23.3 Å². The molecule has 12 nitrogen and oxygen atoms in total. The highest BCUT2D eigenvalue weighted by Gasteiger charge is 2.27. The van der Waals surface area contributed by atoms with Crippen LogP contribution >= 0.6 is 0 Å². The Labute approximate surface area is 217 Å². The van der Waals surface area contributed by atoms with Gasteiger partial charge in [0.15, 0.2) is 22.9 Å². The summed E-state index contributed by atoms with van der Waals surface area (Å²) in [5, 5.41) is 16.7. The fourth-order valence-corrected chi connectivity index (χ4v) is 4.55. The van der Waals surface area contributed by atoms with Gasteiger partial charge in [0.25, 0.3) is 5.56 Å². The summed E-state index contributed by atoms with van der Waals surface area (Å²) in [7, 11) is 3.36. The Balaban J connectivity index is 1.40. The first-order chi connectivity index (χ1) is 18.5. The molecule has 1 aliphatic carbocycles. The lowest BCUT2D eigenvalue weighted by Gasteiger charge is -2.16. The molecule has 1 atom stereocenters. The number of hydrogen-bond acceptors (Lipinski definition) is 9. The molecule has 1 aliphatic rings. The second-order valence-electron chi connectivity index (χ2n) is 9.35. The van der Waals surface area contributed by atoms with Crippen molar-refractivity contribution in [2.24, 2.45) is 7.05 Å². The van der Waals surface area contributed by atoms with Crippen LogP contribution in [0.3, 0.4) is 0 Å². The number of methoxy groups -OCH3 is 1. The van der Waals surface area contributed by atoms with E-state index in [1.165, 1.54) is 0 Å². The maximum absolute atomic E-state index is 13.4. The molecule has 0 spiro atoms. The predicted molar refractivity (Wildman–Crippen MR) is 139 cm³/mol. The summed E-state index contributed by atoms with van der Waals surface area (Å²) in [5.41, 5.74) is 2.97. The summed E-state index contributed by atoms with van der Waals surface area (Å²) >= 11 is 0. The van der Waals surface area contributed by atoms with Crippen molar-refractivity contribution < 1.29 is 9.47 Å². The summed E-state index contributed by atoms with van der Waals surface area (Å²) in [6.07, 6.45) is 12.5. The van der Waals surface area contributed by atoms with E-state index in [2.05, 4.69) is 31.4 Å². The minimum Gasteiger partial charge on any atom is -0.491 e. The molecule has 38 heavy (non-hydrogen) atoms. The summed E-state index contributed by atoms with van der Waals surface area (Å²) in [4.78, 5) is 26.6. The van der Waals surface area contributed by atoms with Crippen molar-refractivity contribution in [2.75, 3.05) is 12.4 Å². The van der Waals surface area contributed by atoms with Gasteiger partial charge in [0.1, 0.15) is 16.7 Å². The number of hydrogen-bond donors (Lipinski definition) is 1. The zero-order chi connectivity index (χ0) is 26.4. The van der Waals surface area contributed by atoms with E-state index in [0.29, 0.717) is 51.5 Å². The lowest BCUT2D eigenvalue weighted by molar-refractivity contribution is 0.382. The largest absolute Gasteiger partial charge is 0.491 e. The number of nitrogens with one attached hydrogen (secondary N) is 1. The Kier molecular flexibility index (Phi) is 5.68. The fraction of sp³-hybridized carbons (Fsp3) is 0.308. The van der Waals surface area contributed by atoms with Crippen LogP contribution in [0.5, 0.6) is 17.2 Å². The number of nitriles is 1. The number of imidazole rings is 1. The van der Waals surface area contributed by atoms with E-state index in [4.69, 9.17) is 9.47 Å². The standard InChI is InChI=1S/C26H25N9O3/c1-15(6-7-27)34-14-17(16-4-5-16)10-18(25(34)36)31-26-32-24-22(33(26)2)23(37-3)21(12-29-24)38-20-13-30-35-9-8-28-11-19(20)35/h8-16H,4-6H2,1-3H3,(H,29,31,32)/t15-/m0/s1. The Morgan fingerprint density at radius 3 is 2.87 bits per heavy atom. The number of rotatable bonds is 8. The van der Waals surface area contributed by atoms with Gasteiger partial charge in [-0.2, -0.15) is 15.3 Å². The average molecular weight is 512 g/mol. The fourth-order valence-electron chi connectivity index (χ4n) is 4.55. The van der Waals surface area contributed by atoms with Gasteiger partial charge in [0.2, 0.25) is 5.95 Å². The molecule has 0 aliphatic heterocycles. The van der Waals surface area contributed by atoms with Gasteiger partial charge in [0, 0.05) is 31.7 Å². The van der Waals surface area contributed by atoms with Crippen LogP contribution in [0.25, 0.3) is 16.7 Å². The van der Waals surface area contributed by atoms with Crippen molar-refractivity contribution in [3.63, 3.8) is 0 Å².